The van der Waals surface area contributed by atoms with Gasteiger partial charge in [0, 0.05) is 19.3 Å². The van der Waals surface area contributed by atoms with E-state index in [4.69, 9.17) is 8.83 Å². The molecule has 25 heavy (non-hydrogen) atoms. The molecule has 1 unspecified atom stereocenters. The molecule has 0 saturated carbocycles. The van der Waals surface area contributed by atoms with Crippen LogP contribution in [0.4, 0.5) is 5.82 Å². The fraction of sp³-hybridized carbons (Fsp3) is 0.389. The van der Waals surface area contributed by atoms with Crippen LogP contribution in [0.3, 0.4) is 0 Å². The first kappa shape index (κ1) is 15.8. The number of anilines is 1. The van der Waals surface area contributed by atoms with Gasteiger partial charge in [-0.05, 0) is 49.6 Å². The lowest BCUT2D eigenvalue weighted by molar-refractivity contribution is 0.282. The Morgan fingerprint density at radius 1 is 1.28 bits per heavy atom. The average molecular weight is 339 g/mol. The van der Waals surface area contributed by atoms with Gasteiger partial charge in [-0.25, -0.2) is 4.98 Å². The van der Waals surface area contributed by atoms with E-state index in [1.807, 2.05) is 25.3 Å². The van der Waals surface area contributed by atoms with Gasteiger partial charge in [-0.15, -0.1) is 10.2 Å². The van der Waals surface area contributed by atoms with Crippen molar-refractivity contribution in [1.29, 1.82) is 0 Å². The summed E-state index contributed by atoms with van der Waals surface area (Å²) in [4.78, 5) is 6.73. The minimum absolute atomic E-state index is 0.433. The fourth-order valence-electron chi connectivity index (χ4n) is 3.05. The van der Waals surface area contributed by atoms with E-state index >= 15 is 0 Å². The van der Waals surface area contributed by atoms with Crippen molar-refractivity contribution in [2.45, 2.75) is 19.9 Å². The van der Waals surface area contributed by atoms with Crippen molar-refractivity contribution in [2.24, 2.45) is 5.92 Å². The highest BCUT2D eigenvalue weighted by molar-refractivity contribution is 5.42. The van der Waals surface area contributed by atoms with Gasteiger partial charge in [-0.1, -0.05) is 6.07 Å². The third-order valence-electron chi connectivity index (χ3n) is 4.41. The summed E-state index contributed by atoms with van der Waals surface area (Å²) in [5.74, 6) is 3.19. The second-order valence-corrected chi connectivity index (χ2v) is 6.47. The van der Waals surface area contributed by atoms with Gasteiger partial charge < -0.3 is 14.2 Å². The molecule has 0 spiro atoms. The molecule has 1 N–H and O–H groups in total. The Labute approximate surface area is 146 Å². The lowest BCUT2D eigenvalue weighted by Gasteiger charge is -2.14. The molecule has 0 bridgehead atoms. The molecule has 1 saturated heterocycles. The molecule has 130 valence electrons. The zero-order valence-corrected chi connectivity index (χ0v) is 14.2. The van der Waals surface area contributed by atoms with E-state index in [9.17, 15) is 0 Å². The molecule has 7 heteroatoms. The van der Waals surface area contributed by atoms with E-state index in [0.717, 1.165) is 31.9 Å². The zero-order valence-electron chi connectivity index (χ0n) is 14.2. The first-order chi connectivity index (χ1) is 12.3. The highest BCUT2D eigenvalue weighted by Gasteiger charge is 2.24. The molecular weight excluding hydrogens is 318 g/mol. The number of likely N-dealkylation sites (tertiary alicyclic amines) is 1. The first-order valence-corrected chi connectivity index (χ1v) is 8.51. The number of nitrogens with one attached hydrogen (secondary N) is 1. The summed E-state index contributed by atoms with van der Waals surface area (Å²) < 4.78 is 11.0. The molecule has 4 heterocycles. The third kappa shape index (κ3) is 3.88. The van der Waals surface area contributed by atoms with Gasteiger partial charge in [0.2, 0.25) is 5.89 Å². The largest absolute Gasteiger partial charge is 0.459 e. The van der Waals surface area contributed by atoms with Crippen LogP contribution in [0.1, 0.15) is 17.9 Å². The molecule has 0 aromatic carbocycles. The SMILES string of the molecule is Cc1ccc(NCC2CCN(Cc3nnc(-c4ccco4)o3)C2)nc1. The van der Waals surface area contributed by atoms with Crippen LogP contribution in [0.5, 0.6) is 0 Å². The minimum atomic E-state index is 0.433. The minimum Gasteiger partial charge on any atom is -0.459 e. The molecule has 0 amide bonds. The van der Waals surface area contributed by atoms with Crippen molar-refractivity contribution in [3.8, 4) is 11.7 Å². The van der Waals surface area contributed by atoms with Crippen LogP contribution in [-0.2, 0) is 6.54 Å². The molecule has 4 rings (SSSR count). The Morgan fingerprint density at radius 2 is 2.24 bits per heavy atom. The highest BCUT2D eigenvalue weighted by Crippen LogP contribution is 2.22. The summed E-state index contributed by atoms with van der Waals surface area (Å²) in [6, 6.07) is 7.72. The summed E-state index contributed by atoms with van der Waals surface area (Å²) in [5.41, 5.74) is 1.17. The lowest BCUT2D eigenvalue weighted by atomic mass is 10.1. The van der Waals surface area contributed by atoms with E-state index in [1.165, 1.54) is 5.56 Å². The predicted molar refractivity (Wildman–Crippen MR) is 92.8 cm³/mol. The first-order valence-electron chi connectivity index (χ1n) is 8.51. The van der Waals surface area contributed by atoms with Crippen molar-refractivity contribution in [3.63, 3.8) is 0 Å². The second-order valence-electron chi connectivity index (χ2n) is 6.47. The average Bonchev–Trinajstić information content (AvgIpc) is 3.36. The molecule has 1 aliphatic rings. The monoisotopic (exact) mass is 339 g/mol. The van der Waals surface area contributed by atoms with E-state index in [0.29, 0.717) is 30.0 Å². The molecule has 1 fully saturated rings. The number of pyridine rings is 1. The quantitative estimate of drug-likeness (QED) is 0.739. The summed E-state index contributed by atoms with van der Waals surface area (Å²) in [6.07, 6.45) is 4.63. The molecule has 3 aromatic heterocycles. The number of hydrogen-bond acceptors (Lipinski definition) is 7. The second kappa shape index (κ2) is 7.06. The molecule has 1 atom stereocenters. The van der Waals surface area contributed by atoms with Crippen molar-refractivity contribution < 1.29 is 8.83 Å². The van der Waals surface area contributed by atoms with E-state index < -0.39 is 0 Å². The van der Waals surface area contributed by atoms with Crippen LogP contribution in [0.15, 0.2) is 45.6 Å². The highest BCUT2D eigenvalue weighted by atomic mass is 16.4. The standard InChI is InChI=1S/C18H21N5O2/c1-13-4-5-16(19-9-13)20-10-14-6-7-23(11-14)12-17-21-22-18(25-17)15-3-2-8-24-15/h2-5,8-9,14H,6-7,10-12H2,1H3,(H,19,20). The number of hydrogen-bond donors (Lipinski definition) is 1. The molecule has 3 aromatic rings. The van der Waals surface area contributed by atoms with E-state index in [1.54, 1.807) is 12.3 Å². The van der Waals surface area contributed by atoms with Crippen LogP contribution in [0.2, 0.25) is 0 Å². The van der Waals surface area contributed by atoms with Gasteiger partial charge in [0.15, 0.2) is 5.76 Å². The van der Waals surface area contributed by atoms with Crippen LogP contribution in [-0.4, -0.2) is 39.7 Å². The van der Waals surface area contributed by atoms with Gasteiger partial charge in [0.05, 0.1) is 12.8 Å². The molecule has 0 aliphatic carbocycles. The summed E-state index contributed by atoms with van der Waals surface area (Å²) in [6.45, 7) is 5.69. The summed E-state index contributed by atoms with van der Waals surface area (Å²) in [5, 5.41) is 11.6. The lowest BCUT2D eigenvalue weighted by Crippen LogP contribution is -2.23. The normalized spacial score (nSPS) is 17.9. The third-order valence-corrected chi connectivity index (χ3v) is 4.41. The summed E-state index contributed by atoms with van der Waals surface area (Å²) in [7, 11) is 0. The smallest absolute Gasteiger partial charge is 0.283 e. The Kier molecular flexibility index (Phi) is 4.47. The molecule has 1 aliphatic heterocycles. The number of aryl methyl sites for hydroxylation is 1. The van der Waals surface area contributed by atoms with Gasteiger partial charge in [0.1, 0.15) is 5.82 Å². The Bertz CT molecular complexity index is 797. The Hall–Kier alpha value is -2.67. The van der Waals surface area contributed by atoms with Crippen LogP contribution < -0.4 is 5.32 Å². The van der Waals surface area contributed by atoms with Crippen LogP contribution in [0, 0.1) is 12.8 Å². The van der Waals surface area contributed by atoms with Gasteiger partial charge in [-0.2, -0.15) is 0 Å². The maximum absolute atomic E-state index is 5.68. The fourth-order valence-corrected chi connectivity index (χ4v) is 3.05. The van der Waals surface area contributed by atoms with Crippen molar-refractivity contribution in [1.82, 2.24) is 20.1 Å². The van der Waals surface area contributed by atoms with Crippen molar-refractivity contribution >= 4 is 5.82 Å². The van der Waals surface area contributed by atoms with Crippen LogP contribution in [0.25, 0.3) is 11.7 Å². The maximum Gasteiger partial charge on any atom is 0.283 e. The predicted octanol–water partition coefficient (Wildman–Crippen LogP) is 2.97. The van der Waals surface area contributed by atoms with Gasteiger partial charge in [0.25, 0.3) is 5.89 Å². The maximum atomic E-state index is 5.68. The van der Waals surface area contributed by atoms with Gasteiger partial charge >= 0.3 is 0 Å². The molecular formula is C18H21N5O2. The number of furan rings is 1. The van der Waals surface area contributed by atoms with Crippen molar-refractivity contribution in [2.75, 3.05) is 25.0 Å². The Balaban J connectivity index is 1.27. The number of nitrogens with zero attached hydrogens (tertiary/aromatic N) is 4. The van der Waals surface area contributed by atoms with E-state index in [-0.39, 0.29) is 0 Å². The van der Waals surface area contributed by atoms with Crippen molar-refractivity contribution in [3.05, 3.63) is 48.2 Å². The Morgan fingerprint density at radius 3 is 3.04 bits per heavy atom. The topological polar surface area (TPSA) is 80.2 Å². The van der Waals surface area contributed by atoms with Gasteiger partial charge in [-0.3, -0.25) is 4.90 Å². The molecule has 7 nitrogen and oxygen atoms in total. The number of aromatic nitrogens is 3. The number of rotatable bonds is 6. The van der Waals surface area contributed by atoms with E-state index in [2.05, 4.69) is 31.5 Å². The summed E-state index contributed by atoms with van der Waals surface area (Å²) >= 11 is 0. The zero-order chi connectivity index (χ0) is 17.1. The van der Waals surface area contributed by atoms with Crippen LogP contribution >= 0.6 is 0 Å². The molecule has 0 radical (unpaired) electrons.